The predicted molar refractivity (Wildman–Crippen MR) is 134 cm³/mol. The summed E-state index contributed by atoms with van der Waals surface area (Å²) in [6.45, 7) is 11.3. The average Bonchev–Trinajstić information content (AvgIpc) is 3.33. The maximum absolute atomic E-state index is 5.75. The van der Waals surface area contributed by atoms with Gasteiger partial charge >= 0.3 is 0 Å². The number of aromatic nitrogens is 1. The number of aliphatic imine (C=N–C) groups is 1. The maximum atomic E-state index is 5.75. The number of halogens is 1. The third-order valence-electron chi connectivity index (χ3n) is 4.76. The number of guanidine groups is 1. The van der Waals surface area contributed by atoms with E-state index in [9.17, 15) is 0 Å². The number of hydrogen-bond acceptors (Lipinski definition) is 6. The van der Waals surface area contributed by atoms with Gasteiger partial charge in [0.25, 0.3) is 0 Å². The van der Waals surface area contributed by atoms with Crippen molar-refractivity contribution in [2.24, 2.45) is 4.99 Å². The molecule has 0 saturated carbocycles. The molecule has 0 radical (unpaired) electrons. The quantitative estimate of drug-likeness (QED) is 0.322. The highest BCUT2D eigenvalue weighted by atomic mass is 127. The Bertz CT molecular complexity index is 752. The second kappa shape index (κ2) is 12.2. The lowest BCUT2D eigenvalue weighted by Gasteiger charge is -2.36. The van der Waals surface area contributed by atoms with Crippen molar-refractivity contribution in [3.05, 3.63) is 38.5 Å². The Balaban J connectivity index is 0.00000300. The number of morpholine rings is 1. The normalized spacial score (nSPS) is 18.9. The molecule has 9 heteroatoms. The molecule has 3 rings (SSSR count). The fourth-order valence-corrected chi connectivity index (χ4v) is 4.89. The molecular weight excluding hydrogens is 517 g/mol. The van der Waals surface area contributed by atoms with Crippen LogP contribution in [0.15, 0.2) is 27.9 Å². The lowest BCUT2D eigenvalue weighted by molar-refractivity contribution is -0.0327. The Morgan fingerprint density at radius 1 is 1.48 bits per heavy atom. The van der Waals surface area contributed by atoms with E-state index in [1.54, 1.807) is 11.3 Å². The number of nitrogens with zero attached hydrogens (tertiary/aromatic N) is 4. The molecule has 6 nitrogen and oxygen atoms in total. The van der Waals surface area contributed by atoms with E-state index in [4.69, 9.17) is 9.73 Å². The number of nitrogens with one attached hydrogen (secondary N) is 1. The first-order chi connectivity index (χ1) is 13.6. The van der Waals surface area contributed by atoms with Gasteiger partial charge in [0, 0.05) is 36.9 Å². The Labute approximate surface area is 199 Å². The molecule has 0 aliphatic carbocycles. The summed E-state index contributed by atoms with van der Waals surface area (Å²) in [5.74, 6) is 0.927. The van der Waals surface area contributed by atoms with Gasteiger partial charge in [0.2, 0.25) is 0 Å². The molecule has 0 aromatic carbocycles. The van der Waals surface area contributed by atoms with Crippen molar-refractivity contribution < 1.29 is 4.74 Å². The molecule has 1 saturated heterocycles. The molecule has 1 aliphatic heterocycles. The van der Waals surface area contributed by atoms with Crippen LogP contribution in [0.4, 0.5) is 0 Å². The van der Waals surface area contributed by atoms with Crippen LogP contribution in [0.5, 0.6) is 0 Å². The third kappa shape index (κ3) is 7.16. The fraction of sp³-hybridized carbons (Fsp3) is 0.600. The minimum absolute atomic E-state index is 0. The van der Waals surface area contributed by atoms with Gasteiger partial charge in [0.1, 0.15) is 0 Å². The molecule has 0 bridgehead atoms. The predicted octanol–water partition coefficient (Wildman–Crippen LogP) is 3.99. The standard InChI is InChI=1S/C20H31N5OS2.HI/c1-5-21-20(24(4)13-17-14-28-16(3)23-17)22-11-18(19-7-6-10-27-19)25-8-9-26-15(2)12-25;/h6-7,10,14-15,18H,5,8-9,11-13H2,1-4H3,(H,21,22);1H. The Hall–Kier alpha value is -0.750. The number of ether oxygens (including phenoxy) is 1. The van der Waals surface area contributed by atoms with Crippen molar-refractivity contribution in [2.75, 3.05) is 39.8 Å². The molecule has 1 aliphatic rings. The minimum Gasteiger partial charge on any atom is -0.376 e. The van der Waals surface area contributed by atoms with E-state index in [1.165, 1.54) is 4.88 Å². The topological polar surface area (TPSA) is 53.0 Å². The molecule has 2 aromatic heterocycles. The van der Waals surface area contributed by atoms with Crippen LogP contribution in [0.2, 0.25) is 0 Å². The number of thiophene rings is 1. The molecule has 0 spiro atoms. The van der Waals surface area contributed by atoms with E-state index in [-0.39, 0.29) is 36.1 Å². The molecule has 3 heterocycles. The van der Waals surface area contributed by atoms with Gasteiger partial charge < -0.3 is 15.0 Å². The maximum Gasteiger partial charge on any atom is 0.194 e. The molecule has 1 fully saturated rings. The van der Waals surface area contributed by atoms with Crippen LogP contribution in [-0.4, -0.2) is 66.7 Å². The zero-order chi connectivity index (χ0) is 19.9. The lowest BCUT2D eigenvalue weighted by atomic mass is 10.1. The first kappa shape index (κ1) is 24.5. The largest absolute Gasteiger partial charge is 0.376 e. The van der Waals surface area contributed by atoms with E-state index in [2.05, 4.69) is 63.9 Å². The third-order valence-corrected chi connectivity index (χ3v) is 6.56. The summed E-state index contributed by atoms with van der Waals surface area (Å²) in [4.78, 5) is 15.6. The number of aryl methyl sites for hydroxylation is 1. The number of rotatable bonds is 7. The first-order valence-corrected chi connectivity index (χ1v) is 11.6. The van der Waals surface area contributed by atoms with Gasteiger partial charge in [-0.2, -0.15) is 0 Å². The zero-order valence-electron chi connectivity index (χ0n) is 17.6. The summed E-state index contributed by atoms with van der Waals surface area (Å²) < 4.78 is 5.75. The average molecular weight is 550 g/mol. The first-order valence-electron chi connectivity index (χ1n) is 9.86. The van der Waals surface area contributed by atoms with E-state index in [0.29, 0.717) is 0 Å². The van der Waals surface area contributed by atoms with Crippen LogP contribution in [0, 0.1) is 6.92 Å². The highest BCUT2D eigenvalue weighted by molar-refractivity contribution is 14.0. The molecule has 1 N–H and O–H groups in total. The van der Waals surface area contributed by atoms with Crippen LogP contribution in [0.25, 0.3) is 0 Å². The van der Waals surface area contributed by atoms with E-state index >= 15 is 0 Å². The summed E-state index contributed by atoms with van der Waals surface area (Å²) in [5, 5.41) is 8.81. The van der Waals surface area contributed by atoms with Crippen LogP contribution in [-0.2, 0) is 11.3 Å². The summed E-state index contributed by atoms with van der Waals surface area (Å²) in [6, 6.07) is 4.64. The van der Waals surface area contributed by atoms with Gasteiger partial charge in [-0.25, -0.2) is 4.98 Å². The van der Waals surface area contributed by atoms with Gasteiger partial charge in [-0.3, -0.25) is 9.89 Å². The van der Waals surface area contributed by atoms with E-state index < -0.39 is 0 Å². The summed E-state index contributed by atoms with van der Waals surface area (Å²) >= 11 is 3.50. The van der Waals surface area contributed by atoms with Gasteiger partial charge in [0.15, 0.2) is 5.96 Å². The molecule has 2 aromatic rings. The highest BCUT2D eigenvalue weighted by Gasteiger charge is 2.26. The van der Waals surface area contributed by atoms with Crippen molar-refractivity contribution in [1.29, 1.82) is 0 Å². The Morgan fingerprint density at radius 3 is 2.93 bits per heavy atom. The number of hydrogen-bond donors (Lipinski definition) is 1. The molecule has 2 unspecified atom stereocenters. The van der Waals surface area contributed by atoms with Crippen LogP contribution < -0.4 is 5.32 Å². The monoisotopic (exact) mass is 549 g/mol. The van der Waals surface area contributed by atoms with Crippen molar-refractivity contribution in [2.45, 2.75) is 39.5 Å². The van der Waals surface area contributed by atoms with Gasteiger partial charge in [0.05, 0.1) is 42.5 Å². The second-order valence-electron chi connectivity index (χ2n) is 7.12. The summed E-state index contributed by atoms with van der Waals surface area (Å²) in [6.07, 6.45) is 0.268. The Morgan fingerprint density at radius 2 is 2.31 bits per heavy atom. The van der Waals surface area contributed by atoms with Crippen LogP contribution in [0.1, 0.15) is 35.5 Å². The number of thiazole rings is 1. The van der Waals surface area contributed by atoms with Crippen LogP contribution >= 0.6 is 46.7 Å². The molecule has 29 heavy (non-hydrogen) atoms. The van der Waals surface area contributed by atoms with Crippen LogP contribution in [0.3, 0.4) is 0 Å². The smallest absolute Gasteiger partial charge is 0.194 e. The Kier molecular flexibility index (Phi) is 10.3. The highest BCUT2D eigenvalue weighted by Crippen LogP contribution is 2.27. The molecule has 162 valence electrons. The second-order valence-corrected chi connectivity index (χ2v) is 9.16. The fourth-order valence-electron chi connectivity index (χ4n) is 3.44. The van der Waals surface area contributed by atoms with Crippen molar-refractivity contribution >= 4 is 52.6 Å². The van der Waals surface area contributed by atoms with Crippen molar-refractivity contribution in [3.63, 3.8) is 0 Å². The van der Waals surface area contributed by atoms with E-state index in [1.807, 2.05) is 18.3 Å². The zero-order valence-corrected chi connectivity index (χ0v) is 21.6. The SMILES string of the molecule is CCNC(=NCC(c1cccs1)N1CCOC(C)C1)N(C)Cc1csc(C)n1.I. The molecule has 0 amide bonds. The summed E-state index contributed by atoms with van der Waals surface area (Å²) in [5.41, 5.74) is 1.09. The summed E-state index contributed by atoms with van der Waals surface area (Å²) in [7, 11) is 2.08. The van der Waals surface area contributed by atoms with Crippen molar-refractivity contribution in [1.82, 2.24) is 20.1 Å². The van der Waals surface area contributed by atoms with Gasteiger partial charge in [-0.15, -0.1) is 46.7 Å². The van der Waals surface area contributed by atoms with Crippen molar-refractivity contribution in [3.8, 4) is 0 Å². The van der Waals surface area contributed by atoms with Gasteiger partial charge in [-0.05, 0) is 32.2 Å². The molecular formula is C20H32IN5OS2. The molecule has 2 atom stereocenters. The lowest BCUT2D eigenvalue weighted by Crippen LogP contribution is -2.44. The minimum atomic E-state index is 0. The van der Waals surface area contributed by atoms with E-state index in [0.717, 1.165) is 56.0 Å². The van der Waals surface area contributed by atoms with Gasteiger partial charge in [-0.1, -0.05) is 6.07 Å².